The summed E-state index contributed by atoms with van der Waals surface area (Å²) in [5, 5.41) is 0. The zero-order valence-corrected chi connectivity index (χ0v) is 12.0. The van der Waals surface area contributed by atoms with Gasteiger partial charge in [0.05, 0.1) is 0 Å². The van der Waals surface area contributed by atoms with E-state index in [1.807, 2.05) is 18.7 Å². The molecule has 0 aromatic heterocycles. The van der Waals surface area contributed by atoms with Crippen molar-refractivity contribution in [2.75, 3.05) is 26.2 Å². The van der Waals surface area contributed by atoms with Gasteiger partial charge in [0.2, 0.25) is 11.8 Å². The maximum Gasteiger partial charge on any atom is 0.245 e. The number of nitrogens with zero attached hydrogens (tertiary/aromatic N) is 2. The molecule has 0 saturated carbocycles. The molecule has 5 nitrogen and oxygen atoms in total. The lowest BCUT2D eigenvalue weighted by molar-refractivity contribution is -0.144. The SMILES string of the molecule is CC(C)C(C(=O)N1CCC(CN)C1)N1CCCC1=O. The average molecular weight is 267 g/mol. The molecule has 108 valence electrons. The van der Waals surface area contributed by atoms with Crippen molar-refractivity contribution in [1.82, 2.24) is 9.80 Å². The molecule has 2 N–H and O–H groups in total. The van der Waals surface area contributed by atoms with Gasteiger partial charge in [0.15, 0.2) is 0 Å². The quantitative estimate of drug-likeness (QED) is 0.804. The summed E-state index contributed by atoms with van der Waals surface area (Å²) in [6, 6.07) is -0.286. The van der Waals surface area contributed by atoms with E-state index < -0.39 is 0 Å². The van der Waals surface area contributed by atoms with Crippen molar-refractivity contribution in [3.05, 3.63) is 0 Å². The van der Waals surface area contributed by atoms with Crippen LogP contribution in [-0.2, 0) is 9.59 Å². The van der Waals surface area contributed by atoms with Crippen LogP contribution in [0, 0.1) is 11.8 Å². The highest BCUT2D eigenvalue weighted by Crippen LogP contribution is 2.24. The maximum absolute atomic E-state index is 12.7. The van der Waals surface area contributed by atoms with Crippen molar-refractivity contribution in [2.24, 2.45) is 17.6 Å². The van der Waals surface area contributed by atoms with E-state index in [1.165, 1.54) is 0 Å². The monoisotopic (exact) mass is 267 g/mol. The van der Waals surface area contributed by atoms with E-state index in [9.17, 15) is 9.59 Å². The summed E-state index contributed by atoms with van der Waals surface area (Å²) in [6.07, 6.45) is 2.45. The Labute approximate surface area is 115 Å². The molecule has 0 aromatic carbocycles. The number of carbonyl (C=O) groups is 2. The van der Waals surface area contributed by atoms with Gasteiger partial charge in [-0.05, 0) is 31.2 Å². The molecule has 2 amide bonds. The van der Waals surface area contributed by atoms with Crippen molar-refractivity contribution in [3.8, 4) is 0 Å². The summed E-state index contributed by atoms with van der Waals surface area (Å²) >= 11 is 0. The van der Waals surface area contributed by atoms with E-state index in [0.29, 0.717) is 18.9 Å². The predicted molar refractivity (Wildman–Crippen MR) is 73.3 cm³/mol. The number of amides is 2. The van der Waals surface area contributed by atoms with Crippen LogP contribution in [-0.4, -0.2) is 53.8 Å². The maximum atomic E-state index is 12.7. The molecule has 0 spiro atoms. The molecule has 2 atom stereocenters. The molecule has 0 radical (unpaired) electrons. The standard InChI is InChI=1S/C14H25N3O2/c1-10(2)13(17-6-3-4-12(17)18)14(19)16-7-5-11(8-15)9-16/h10-11,13H,3-9,15H2,1-2H3. The van der Waals surface area contributed by atoms with E-state index in [0.717, 1.165) is 32.5 Å². The summed E-state index contributed by atoms with van der Waals surface area (Å²) in [4.78, 5) is 28.2. The average Bonchev–Trinajstić information content (AvgIpc) is 2.98. The van der Waals surface area contributed by atoms with E-state index in [-0.39, 0.29) is 23.8 Å². The molecule has 0 aliphatic carbocycles. The number of carbonyl (C=O) groups excluding carboxylic acids is 2. The lowest BCUT2D eigenvalue weighted by Crippen LogP contribution is -2.51. The van der Waals surface area contributed by atoms with Gasteiger partial charge in [-0.15, -0.1) is 0 Å². The van der Waals surface area contributed by atoms with Gasteiger partial charge in [0.1, 0.15) is 6.04 Å². The first-order chi connectivity index (χ1) is 9.04. The van der Waals surface area contributed by atoms with Crippen molar-refractivity contribution in [2.45, 2.75) is 39.2 Å². The zero-order valence-electron chi connectivity index (χ0n) is 12.0. The molecule has 2 aliphatic heterocycles. The molecular weight excluding hydrogens is 242 g/mol. The van der Waals surface area contributed by atoms with Gasteiger partial charge in [0.25, 0.3) is 0 Å². The summed E-state index contributed by atoms with van der Waals surface area (Å²) < 4.78 is 0. The number of nitrogens with two attached hydrogens (primary N) is 1. The topological polar surface area (TPSA) is 66.6 Å². The van der Waals surface area contributed by atoms with Crippen LogP contribution in [0.1, 0.15) is 33.1 Å². The highest BCUT2D eigenvalue weighted by molar-refractivity contribution is 5.89. The Balaban J connectivity index is 2.07. The van der Waals surface area contributed by atoms with Crippen molar-refractivity contribution >= 4 is 11.8 Å². The van der Waals surface area contributed by atoms with Gasteiger partial charge in [-0.1, -0.05) is 13.8 Å². The lowest BCUT2D eigenvalue weighted by atomic mass is 10.0. The minimum Gasteiger partial charge on any atom is -0.341 e. The first-order valence-corrected chi connectivity index (χ1v) is 7.33. The molecular formula is C14H25N3O2. The molecule has 19 heavy (non-hydrogen) atoms. The van der Waals surface area contributed by atoms with Crippen molar-refractivity contribution < 1.29 is 9.59 Å². The third kappa shape index (κ3) is 2.91. The first kappa shape index (κ1) is 14.3. The van der Waals surface area contributed by atoms with E-state index in [2.05, 4.69) is 0 Å². The second-order valence-electron chi connectivity index (χ2n) is 6.05. The molecule has 0 aromatic rings. The van der Waals surface area contributed by atoms with E-state index >= 15 is 0 Å². The molecule has 2 unspecified atom stereocenters. The van der Waals surface area contributed by atoms with Gasteiger partial charge in [-0.25, -0.2) is 0 Å². The minimum absolute atomic E-state index is 0.112. The Morgan fingerprint density at radius 2 is 2.16 bits per heavy atom. The van der Waals surface area contributed by atoms with Crippen LogP contribution in [0.5, 0.6) is 0 Å². The predicted octanol–water partition coefficient (Wildman–Crippen LogP) is 0.441. The lowest BCUT2D eigenvalue weighted by Gasteiger charge is -2.33. The Morgan fingerprint density at radius 1 is 1.42 bits per heavy atom. The molecule has 2 aliphatic rings. The van der Waals surface area contributed by atoms with Gasteiger partial charge >= 0.3 is 0 Å². The van der Waals surface area contributed by atoms with E-state index in [4.69, 9.17) is 5.73 Å². The Kier molecular flexibility index (Phi) is 4.45. The third-order valence-electron chi connectivity index (χ3n) is 4.26. The first-order valence-electron chi connectivity index (χ1n) is 7.33. The zero-order chi connectivity index (χ0) is 14.0. The van der Waals surface area contributed by atoms with Crippen LogP contribution in [0.15, 0.2) is 0 Å². The smallest absolute Gasteiger partial charge is 0.245 e. The van der Waals surface area contributed by atoms with Crippen LogP contribution in [0.25, 0.3) is 0 Å². The number of likely N-dealkylation sites (tertiary alicyclic amines) is 2. The van der Waals surface area contributed by atoms with Crippen molar-refractivity contribution in [1.29, 1.82) is 0 Å². The fourth-order valence-electron chi connectivity index (χ4n) is 3.15. The van der Waals surface area contributed by atoms with Crippen LogP contribution in [0.4, 0.5) is 0 Å². The van der Waals surface area contributed by atoms with Crippen LogP contribution in [0.3, 0.4) is 0 Å². The summed E-state index contributed by atoms with van der Waals surface area (Å²) in [7, 11) is 0. The number of hydrogen-bond acceptors (Lipinski definition) is 3. The highest BCUT2D eigenvalue weighted by atomic mass is 16.2. The summed E-state index contributed by atoms with van der Waals surface area (Å²) in [5.74, 6) is 0.820. The van der Waals surface area contributed by atoms with Crippen molar-refractivity contribution in [3.63, 3.8) is 0 Å². The second-order valence-corrected chi connectivity index (χ2v) is 6.05. The molecule has 2 rings (SSSR count). The Hall–Kier alpha value is -1.10. The number of rotatable bonds is 4. The number of hydrogen-bond donors (Lipinski definition) is 1. The van der Waals surface area contributed by atoms with Gasteiger partial charge in [-0.2, -0.15) is 0 Å². The molecule has 2 saturated heterocycles. The molecule has 0 bridgehead atoms. The Bertz CT molecular complexity index is 357. The van der Waals surface area contributed by atoms with Gasteiger partial charge in [-0.3, -0.25) is 9.59 Å². The Morgan fingerprint density at radius 3 is 2.63 bits per heavy atom. The summed E-state index contributed by atoms with van der Waals surface area (Å²) in [6.45, 7) is 6.93. The molecule has 5 heteroatoms. The largest absolute Gasteiger partial charge is 0.341 e. The molecule has 2 fully saturated rings. The second kappa shape index (κ2) is 5.90. The van der Waals surface area contributed by atoms with Crippen LogP contribution < -0.4 is 5.73 Å². The minimum atomic E-state index is -0.286. The normalized spacial score (nSPS) is 25.5. The van der Waals surface area contributed by atoms with Gasteiger partial charge < -0.3 is 15.5 Å². The fraction of sp³-hybridized carbons (Fsp3) is 0.857. The summed E-state index contributed by atoms with van der Waals surface area (Å²) in [5.41, 5.74) is 5.67. The molecule has 2 heterocycles. The highest BCUT2D eigenvalue weighted by Gasteiger charge is 2.38. The van der Waals surface area contributed by atoms with Crippen LogP contribution >= 0.6 is 0 Å². The van der Waals surface area contributed by atoms with E-state index in [1.54, 1.807) is 4.90 Å². The van der Waals surface area contributed by atoms with Gasteiger partial charge in [0, 0.05) is 26.1 Å². The third-order valence-corrected chi connectivity index (χ3v) is 4.26. The fourth-order valence-corrected chi connectivity index (χ4v) is 3.15. The van der Waals surface area contributed by atoms with Crippen LogP contribution in [0.2, 0.25) is 0 Å².